The van der Waals surface area contributed by atoms with Gasteiger partial charge >= 0.3 is 0 Å². The van der Waals surface area contributed by atoms with E-state index >= 15 is 0 Å². The molecule has 4 heteroatoms. The van der Waals surface area contributed by atoms with Gasteiger partial charge in [0.15, 0.2) is 11.6 Å². The Kier molecular flexibility index (Phi) is 5.05. The molecule has 0 amide bonds. The van der Waals surface area contributed by atoms with Crippen molar-refractivity contribution in [2.75, 3.05) is 6.54 Å². The highest BCUT2D eigenvalue weighted by Gasteiger charge is 2.11. The second-order valence-electron chi connectivity index (χ2n) is 4.22. The van der Waals surface area contributed by atoms with Crippen molar-refractivity contribution >= 4 is 0 Å². The Morgan fingerprint density at radius 2 is 2.00 bits per heavy atom. The lowest BCUT2D eigenvalue weighted by molar-refractivity contribution is 0.217. The molecule has 0 atom stereocenters. The zero-order valence-corrected chi connectivity index (χ0v) is 10.1. The average Bonchev–Trinajstić information content (AvgIpc) is 2.28. The maximum Gasteiger partial charge on any atom is 0.159 e. The largest absolute Gasteiger partial charge is 0.296 e. The quantitative estimate of drug-likeness (QED) is 0.788. The van der Waals surface area contributed by atoms with Crippen molar-refractivity contribution in [3.63, 3.8) is 0 Å². The Bertz CT molecular complexity index is 410. The lowest BCUT2D eigenvalue weighted by atomic mass is 10.1. The molecule has 0 unspecified atom stereocenters. The molecule has 17 heavy (non-hydrogen) atoms. The van der Waals surface area contributed by atoms with E-state index in [4.69, 9.17) is 5.26 Å². The average molecular weight is 238 g/mol. The summed E-state index contributed by atoms with van der Waals surface area (Å²) in [6.07, 6.45) is 0.432. The summed E-state index contributed by atoms with van der Waals surface area (Å²) in [6, 6.07) is 6.25. The zero-order chi connectivity index (χ0) is 12.8. The first-order valence-corrected chi connectivity index (χ1v) is 5.59. The summed E-state index contributed by atoms with van der Waals surface area (Å²) >= 11 is 0. The van der Waals surface area contributed by atoms with Gasteiger partial charge in [-0.25, -0.2) is 8.78 Å². The lowest BCUT2D eigenvalue weighted by Gasteiger charge is -2.25. The molecule has 0 aliphatic rings. The molecule has 0 radical (unpaired) electrons. The van der Waals surface area contributed by atoms with E-state index in [9.17, 15) is 8.78 Å². The molecule has 0 bridgehead atoms. The molecule has 1 aromatic carbocycles. The van der Waals surface area contributed by atoms with Crippen LogP contribution >= 0.6 is 0 Å². The van der Waals surface area contributed by atoms with Crippen molar-refractivity contribution in [1.82, 2.24) is 4.90 Å². The van der Waals surface area contributed by atoms with E-state index in [0.29, 0.717) is 19.5 Å². The van der Waals surface area contributed by atoms with Gasteiger partial charge in [-0.2, -0.15) is 5.26 Å². The predicted molar refractivity (Wildman–Crippen MR) is 62.1 cm³/mol. The lowest BCUT2D eigenvalue weighted by Crippen LogP contribution is -2.31. The van der Waals surface area contributed by atoms with E-state index in [-0.39, 0.29) is 6.04 Å². The Labute approximate surface area is 100 Å². The van der Waals surface area contributed by atoms with E-state index in [1.54, 1.807) is 6.07 Å². The summed E-state index contributed by atoms with van der Waals surface area (Å²) in [5.41, 5.74) is 0.718. The van der Waals surface area contributed by atoms with Gasteiger partial charge in [-0.1, -0.05) is 6.07 Å². The van der Waals surface area contributed by atoms with Gasteiger partial charge in [0.2, 0.25) is 0 Å². The molecule has 0 saturated carbocycles. The molecule has 0 aromatic heterocycles. The predicted octanol–water partition coefficient (Wildman–Crippen LogP) is 3.09. The fourth-order valence-corrected chi connectivity index (χ4v) is 1.59. The second kappa shape index (κ2) is 6.31. The minimum atomic E-state index is -0.832. The van der Waals surface area contributed by atoms with E-state index < -0.39 is 11.6 Å². The fourth-order valence-electron chi connectivity index (χ4n) is 1.59. The maximum atomic E-state index is 13.0. The van der Waals surface area contributed by atoms with Crippen LogP contribution in [0.3, 0.4) is 0 Å². The van der Waals surface area contributed by atoms with E-state index in [1.807, 2.05) is 13.8 Å². The van der Waals surface area contributed by atoms with Crippen LogP contribution in [0.4, 0.5) is 8.78 Å². The normalized spacial score (nSPS) is 10.9. The summed E-state index contributed by atoms with van der Waals surface area (Å²) < 4.78 is 25.8. The van der Waals surface area contributed by atoms with Gasteiger partial charge in [-0.15, -0.1) is 0 Å². The molecule has 0 aliphatic heterocycles. The molecule has 0 saturated heterocycles. The van der Waals surface area contributed by atoms with Crippen molar-refractivity contribution < 1.29 is 8.78 Å². The summed E-state index contributed by atoms with van der Waals surface area (Å²) in [5, 5.41) is 8.56. The first-order chi connectivity index (χ1) is 8.04. The smallest absolute Gasteiger partial charge is 0.159 e. The summed E-state index contributed by atoms with van der Waals surface area (Å²) in [5.74, 6) is -1.66. The number of nitrogens with zero attached hydrogens (tertiary/aromatic N) is 2. The van der Waals surface area contributed by atoms with E-state index in [1.165, 1.54) is 6.07 Å². The van der Waals surface area contributed by atoms with Crippen LogP contribution in [0.2, 0.25) is 0 Å². The Morgan fingerprint density at radius 3 is 2.53 bits per heavy atom. The number of halogens is 2. The van der Waals surface area contributed by atoms with Crippen molar-refractivity contribution in [3.8, 4) is 6.07 Å². The highest BCUT2D eigenvalue weighted by molar-refractivity contribution is 5.17. The molecular formula is C13H16F2N2. The maximum absolute atomic E-state index is 13.0. The zero-order valence-electron chi connectivity index (χ0n) is 10.1. The van der Waals surface area contributed by atoms with Crippen molar-refractivity contribution in [2.45, 2.75) is 32.9 Å². The monoisotopic (exact) mass is 238 g/mol. The summed E-state index contributed by atoms with van der Waals surface area (Å²) in [4.78, 5) is 2.05. The first kappa shape index (κ1) is 13.6. The van der Waals surface area contributed by atoms with Crippen LogP contribution in [0, 0.1) is 23.0 Å². The van der Waals surface area contributed by atoms with Crippen molar-refractivity contribution in [1.29, 1.82) is 5.26 Å². The highest BCUT2D eigenvalue weighted by atomic mass is 19.2. The van der Waals surface area contributed by atoms with Crippen LogP contribution in [-0.2, 0) is 6.54 Å². The highest BCUT2D eigenvalue weighted by Crippen LogP contribution is 2.12. The van der Waals surface area contributed by atoms with Crippen LogP contribution in [0.1, 0.15) is 25.8 Å². The van der Waals surface area contributed by atoms with Crippen molar-refractivity contribution in [2.24, 2.45) is 0 Å². The number of hydrogen-bond acceptors (Lipinski definition) is 2. The molecule has 2 nitrogen and oxygen atoms in total. The SMILES string of the molecule is CC(C)N(CCC#N)Cc1ccc(F)c(F)c1. The molecule has 0 fully saturated rings. The molecule has 1 aromatic rings. The van der Waals surface area contributed by atoms with Gasteiger partial charge in [0.05, 0.1) is 6.07 Å². The number of benzene rings is 1. The Morgan fingerprint density at radius 1 is 1.29 bits per heavy atom. The third-order valence-electron chi connectivity index (χ3n) is 2.61. The summed E-state index contributed by atoms with van der Waals surface area (Å²) in [7, 11) is 0. The van der Waals surface area contributed by atoms with Gasteiger partial charge in [-0.05, 0) is 31.5 Å². The molecular weight excluding hydrogens is 222 g/mol. The third-order valence-corrected chi connectivity index (χ3v) is 2.61. The third kappa shape index (κ3) is 4.12. The van der Waals surface area contributed by atoms with Gasteiger partial charge in [0, 0.05) is 25.6 Å². The van der Waals surface area contributed by atoms with E-state index in [0.717, 1.165) is 11.6 Å². The molecule has 0 spiro atoms. The van der Waals surface area contributed by atoms with Crippen LogP contribution in [-0.4, -0.2) is 17.5 Å². The molecule has 92 valence electrons. The first-order valence-electron chi connectivity index (χ1n) is 5.59. The van der Waals surface area contributed by atoms with Crippen LogP contribution in [0.15, 0.2) is 18.2 Å². The van der Waals surface area contributed by atoms with Crippen LogP contribution < -0.4 is 0 Å². The molecule has 0 N–H and O–H groups in total. The van der Waals surface area contributed by atoms with Gasteiger partial charge in [-0.3, -0.25) is 4.90 Å². The minimum Gasteiger partial charge on any atom is -0.296 e. The topological polar surface area (TPSA) is 27.0 Å². The number of rotatable bonds is 5. The summed E-state index contributed by atoms with van der Waals surface area (Å²) in [6.45, 7) is 5.18. The van der Waals surface area contributed by atoms with Crippen LogP contribution in [0.25, 0.3) is 0 Å². The Balaban J connectivity index is 2.72. The van der Waals surface area contributed by atoms with Crippen LogP contribution in [0.5, 0.6) is 0 Å². The number of nitriles is 1. The Hall–Kier alpha value is -1.47. The fraction of sp³-hybridized carbons (Fsp3) is 0.462. The molecule has 0 aliphatic carbocycles. The van der Waals surface area contributed by atoms with Gasteiger partial charge in [0.25, 0.3) is 0 Å². The number of hydrogen-bond donors (Lipinski definition) is 0. The standard InChI is InChI=1S/C13H16F2N2/c1-10(2)17(7-3-6-16)9-11-4-5-12(14)13(15)8-11/h4-5,8,10H,3,7,9H2,1-2H3. The van der Waals surface area contributed by atoms with Crippen molar-refractivity contribution in [3.05, 3.63) is 35.4 Å². The molecule has 1 rings (SSSR count). The van der Waals surface area contributed by atoms with E-state index in [2.05, 4.69) is 11.0 Å². The second-order valence-corrected chi connectivity index (χ2v) is 4.22. The minimum absolute atomic E-state index is 0.261. The molecule has 0 heterocycles. The van der Waals surface area contributed by atoms with Gasteiger partial charge in [0.1, 0.15) is 0 Å². The van der Waals surface area contributed by atoms with Gasteiger partial charge < -0.3 is 0 Å².